The van der Waals surface area contributed by atoms with Crippen LogP contribution in [0.2, 0.25) is 0 Å². The Kier molecular flexibility index (Phi) is 16.9. The van der Waals surface area contributed by atoms with E-state index in [1.54, 1.807) is 0 Å². The standard InChI is InChI=1S/C36H30F16O10/c1-3-25(53)59-17-5-15-57-23-11-7-21(8-12-23)27(55)61-19-29(37,38)31(41,42)33(45,46)35(49,50)36(51,52)34(47,48)32(43,44)30(39,40)20-62-28(56)22-9-13-24(14-10-22)58-16-6-18-60-26(54)4-2/h3-4,7-14H,1-2,5-6,15-20H2. The van der Waals surface area contributed by atoms with Crippen molar-refractivity contribution in [2.45, 2.75) is 60.2 Å². The second-order valence-corrected chi connectivity index (χ2v) is 12.2. The maximum atomic E-state index is 14.4. The third kappa shape index (κ3) is 11.2. The number of halogens is 16. The van der Waals surface area contributed by atoms with Gasteiger partial charge in [0.2, 0.25) is 0 Å². The summed E-state index contributed by atoms with van der Waals surface area (Å²) in [5.41, 5.74) is -1.70. The summed E-state index contributed by atoms with van der Waals surface area (Å²) in [6.45, 7) is -1.01. The molecule has 26 heteroatoms. The molecule has 0 unspecified atom stereocenters. The lowest BCUT2D eigenvalue weighted by molar-refractivity contribution is -0.454. The van der Waals surface area contributed by atoms with Crippen LogP contribution in [-0.4, -0.2) is 111 Å². The Morgan fingerprint density at radius 1 is 0.419 bits per heavy atom. The van der Waals surface area contributed by atoms with Crippen LogP contribution in [0.15, 0.2) is 73.8 Å². The molecule has 0 radical (unpaired) electrons. The van der Waals surface area contributed by atoms with Crippen LogP contribution in [0.3, 0.4) is 0 Å². The smallest absolute Gasteiger partial charge is 0.385 e. The van der Waals surface area contributed by atoms with E-state index in [0.717, 1.165) is 36.4 Å². The highest BCUT2D eigenvalue weighted by molar-refractivity contribution is 5.90. The number of ether oxygens (including phenoxy) is 6. The normalized spacial score (nSPS) is 13.1. The molecule has 0 saturated carbocycles. The van der Waals surface area contributed by atoms with E-state index in [1.165, 1.54) is 0 Å². The SMILES string of the molecule is C=CC(=O)OCCCOc1ccc(C(=O)OCC(F)(F)C(F)(F)C(F)(F)C(F)(F)C(F)(F)C(F)(F)C(F)(F)C(F)(F)COC(=O)c2ccc(OCCCOC(=O)C=C)cc2)cc1. The summed E-state index contributed by atoms with van der Waals surface area (Å²) in [7, 11) is 0. The van der Waals surface area contributed by atoms with Crippen LogP contribution in [0, 0.1) is 0 Å². The molecule has 346 valence electrons. The summed E-state index contributed by atoms with van der Waals surface area (Å²) in [5.74, 6) is -70.3. The zero-order valence-corrected chi connectivity index (χ0v) is 31.0. The third-order valence-electron chi connectivity index (χ3n) is 7.78. The van der Waals surface area contributed by atoms with Crippen LogP contribution < -0.4 is 9.47 Å². The van der Waals surface area contributed by atoms with Gasteiger partial charge in [0.1, 0.15) is 11.5 Å². The molecule has 0 bridgehead atoms. The van der Waals surface area contributed by atoms with Gasteiger partial charge in [-0.25, -0.2) is 19.2 Å². The summed E-state index contributed by atoms with van der Waals surface area (Å²) in [4.78, 5) is 46.0. The summed E-state index contributed by atoms with van der Waals surface area (Å²) in [6.07, 6.45) is 1.92. The second kappa shape index (κ2) is 20.0. The molecule has 0 saturated heterocycles. The summed E-state index contributed by atoms with van der Waals surface area (Å²) in [6, 6.07) is 6.36. The van der Waals surface area contributed by atoms with E-state index < -0.39 is 95.6 Å². The first-order valence-electron chi connectivity index (χ1n) is 16.8. The first kappa shape index (κ1) is 52.4. The van der Waals surface area contributed by atoms with Crippen molar-refractivity contribution in [1.29, 1.82) is 0 Å². The lowest BCUT2D eigenvalue weighted by Gasteiger charge is -2.43. The highest BCUT2D eigenvalue weighted by Crippen LogP contribution is 2.63. The van der Waals surface area contributed by atoms with E-state index in [-0.39, 0.29) is 50.8 Å². The van der Waals surface area contributed by atoms with Gasteiger partial charge in [-0.15, -0.1) is 0 Å². The molecular weight excluding hydrogens is 896 g/mol. The van der Waals surface area contributed by atoms with E-state index in [2.05, 4.69) is 32.1 Å². The van der Waals surface area contributed by atoms with Crippen LogP contribution >= 0.6 is 0 Å². The molecule has 2 rings (SSSR count). The molecule has 10 nitrogen and oxygen atoms in total. The van der Waals surface area contributed by atoms with E-state index in [9.17, 15) is 89.4 Å². The number of benzene rings is 2. The number of hydrogen-bond acceptors (Lipinski definition) is 10. The molecule has 0 heterocycles. The maximum Gasteiger partial charge on any atom is 0.385 e. The van der Waals surface area contributed by atoms with Crippen molar-refractivity contribution in [2.75, 3.05) is 39.6 Å². The van der Waals surface area contributed by atoms with Crippen LogP contribution in [0.5, 0.6) is 11.5 Å². The van der Waals surface area contributed by atoms with Crippen LogP contribution in [0.4, 0.5) is 70.2 Å². The van der Waals surface area contributed by atoms with Gasteiger partial charge in [-0.3, -0.25) is 0 Å². The molecule has 62 heavy (non-hydrogen) atoms. The topological polar surface area (TPSA) is 124 Å². The lowest BCUT2D eigenvalue weighted by Crippen LogP contribution is -2.75. The Morgan fingerprint density at radius 2 is 0.694 bits per heavy atom. The van der Waals surface area contributed by atoms with Gasteiger partial charge < -0.3 is 28.4 Å². The van der Waals surface area contributed by atoms with Crippen LogP contribution in [-0.2, 0) is 28.5 Å². The minimum absolute atomic E-state index is 0.0779. The molecule has 2 aromatic carbocycles. The molecule has 0 aliphatic carbocycles. The Labute approximate surface area is 338 Å². The number of hydrogen-bond donors (Lipinski definition) is 0. The minimum atomic E-state index is -8.75. The fraction of sp³-hybridized carbons (Fsp3) is 0.444. The van der Waals surface area contributed by atoms with Gasteiger partial charge in [0.05, 0.1) is 37.6 Å². The molecule has 0 spiro atoms. The van der Waals surface area contributed by atoms with Gasteiger partial charge in [-0.1, -0.05) is 13.2 Å². The van der Waals surface area contributed by atoms with Gasteiger partial charge in [0.25, 0.3) is 0 Å². The summed E-state index contributed by atoms with van der Waals surface area (Å²) >= 11 is 0. The van der Waals surface area contributed by atoms with Crippen molar-refractivity contribution in [1.82, 2.24) is 0 Å². The highest BCUT2D eigenvalue weighted by atomic mass is 19.4. The first-order valence-corrected chi connectivity index (χ1v) is 16.8. The molecule has 0 aromatic heterocycles. The number of rotatable bonds is 25. The van der Waals surface area contributed by atoms with Gasteiger partial charge in [0, 0.05) is 25.0 Å². The molecular formula is C36H30F16O10. The largest absolute Gasteiger partial charge is 0.493 e. The van der Waals surface area contributed by atoms with Crippen molar-refractivity contribution >= 4 is 23.9 Å². The Balaban J connectivity index is 2.15. The van der Waals surface area contributed by atoms with Gasteiger partial charge in [-0.2, -0.15) is 70.2 Å². The number of carbonyl (C=O) groups excluding carboxylic acids is 4. The van der Waals surface area contributed by atoms with E-state index in [1.807, 2.05) is 0 Å². The highest BCUT2D eigenvalue weighted by Gasteiger charge is 2.95. The van der Waals surface area contributed by atoms with Crippen molar-refractivity contribution in [2.24, 2.45) is 0 Å². The quantitative estimate of drug-likeness (QED) is 0.0314. The first-order chi connectivity index (χ1) is 28.4. The molecule has 0 fully saturated rings. The molecule has 0 aliphatic heterocycles. The van der Waals surface area contributed by atoms with Crippen LogP contribution in [0.1, 0.15) is 33.6 Å². The average molecular weight is 927 g/mol. The zero-order valence-electron chi connectivity index (χ0n) is 31.0. The fourth-order valence-electron chi connectivity index (χ4n) is 4.24. The van der Waals surface area contributed by atoms with Gasteiger partial charge in [-0.05, 0) is 48.5 Å². The molecule has 2 aromatic rings. The predicted molar refractivity (Wildman–Crippen MR) is 176 cm³/mol. The Morgan fingerprint density at radius 3 is 0.968 bits per heavy atom. The maximum absolute atomic E-state index is 14.4. The van der Waals surface area contributed by atoms with Gasteiger partial charge >= 0.3 is 71.3 Å². The van der Waals surface area contributed by atoms with Crippen molar-refractivity contribution in [3.63, 3.8) is 0 Å². The fourth-order valence-corrected chi connectivity index (χ4v) is 4.24. The lowest BCUT2D eigenvalue weighted by atomic mass is 9.88. The van der Waals surface area contributed by atoms with Crippen molar-refractivity contribution in [3.05, 3.63) is 85.0 Å². The minimum Gasteiger partial charge on any atom is -0.493 e. The number of esters is 4. The Hall–Kier alpha value is -5.72. The zero-order chi connectivity index (χ0) is 47.6. The molecule has 0 aliphatic rings. The average Bonchev–Trinajstić information content (AvgIpc) is 3.21. The van der Waals surface area contributed by atoms with E-state index >= 15 is 0 Å². The second-order valence-electron chi connectivity index (χ2n) is 12.2. The predicted octanol–water partition coefficient (Wildman–Crippen LogP) is 8.78. The molecule has 0 amide bonds. The van der Waals surface area contributed by atoms with E-state index in [0.29, 0.717) is 24.3 Å². The van der Waals surface area contributed by atoms with Gasteiger partial charge in [0.15, 0.2) is 13.2 Å². The van der Waals surface area contributed by atoms with Crippen LogP contribution in [0.25, 0.3) is 0 Å². The molecule has 0 atom stereocenters. The number of alkyl halides is 16. The summed E-state index contributed by atoms with van der Waals surface area (Å²) < 4.78 is 257. The number of carbonyl (C=O) groups is 4. The monoisotopic (exact) mass is 926 g/mol. The summed E-state index contributed by atoms with van der Waals surface area (Å²) in [5, 5.41) is 0. The van der Waals surface area contributed by atoms with Crippen molar-refractivity contribution in [3.8, 4) is 11.5 Å². The Bertz CT molecular complexity index is 1750. The third-order valence-corrected chi connectivity index (χ3v) is 7.78. The van der Waals surface area contributed by atoms with Crippen molar-refractivity contribution < 1.29 is 118 Å². The van der Waals surface area contributed by atoms with E-state index in [4.69, 9.17) is 9.47 Å². The molecule has 0 N–H and O–H groups in total.